The smallest absolute Gasteiger partial charge is 0.0580 e. The van der Waals surface area contributed by atoms with E-state index in [9.17, 15) is 5.11 Å². The standard InChI is InChI=1S/C22H43N3O/c1-6-16(12-26)10-19-24-20(15(5)17-9-7-8-14(17)4)22-21(25-19)18(11-23-22)13(2)3/h13-26H,6-12H2,1-5H3. The van der Waals surface area contributed by atoms with Gasteiger partial charge in [-0.25, -0.2) is 0 Å². The molecule has 9 unspecified atom stereocenters. The molecule has 4 heteroatoms. The lowest BCUT2D eigenvalue weighted by atomic mass is 9.74. The van der Waals surface area contributed by atoms with E-state index in [4.69, 9.17) is 0 Å². The molecule has 3 fully saturated rings. The molecule has 26 heavy (non-hydrogen) atoms. The van der Waals surface area contributed by atoms with Crippen molar-refractivity contribution in [3.63, 3.8) is 0 Å². The predicted molar refractivity (Wildman–Crippen MR) is 109 cm³/mol. The van der Waals surface area contributed by atoms with Crippen LogP contribution in [-0.2, 0) is 0 Å². The predicted octanol–water partition coefficient (Wildman–Crippen LogP) is 2.97. The van der Waals surface area contributed by atoms with Crippen LogP contribution in [0, 0.1) is 35.5 Å². The van der Waals surface area contributed by atoms with E-state index in [-0.39, 0.29) is 0 Å². The first-order chi connectivity index (χ1) is 12.5. The number of fused-ring (bicyclic) bond motifs is 1. The molecule has 2 saturated heterocycles. The van der Waals surface area contributed by atoms with Crippen LogP contribution in [0.25, 0.3) is 0 Å². The van der Waals surface area contributed by atoms with Crippen molar-refractivity contribution in [2.75, 3.05) is 13.2 Å². The highest BCUT2D eigenvalue weighted by atomic mass is 16.3. The second kappa shape index (κ2) is 8.89. The van der Waals surface area contributed by atoms with Crippen molar-refractivity contribution >= 4 is 0 Å². The molecule has 0 aromatic heterocycles. The van der Waals surface area contributed by atoms with Crippen molar-refractivity contribution in [2.45, 2.75) is 91.0 Å². The second-order valence-electron chi connectivity index (χ2n) is 9.90. The van der Waals surface area contributed by atoms with E-state index < -0.39 is 0 Å². The summed E-state index contributed by atoms with van der Waals surface area (Å²) in [4.78, 5) is 0. The SMILES string of the molecule is CCC(CO)CC1NC(C(C)C2CCCC2C)C2NCC(C(C)C)C2N1. The molecule has 2 aliphatic heterocycles. The Morgan fingerprint density at radius 1 is 1.04 bits per heavy atom. The lowest BCUT2D eigenvalue weighted by Crippen LogP contribution is -2.70. The average Bonchev–Trinajstić information content (AvgIpc) is 3.24. The van der Waals surface area contributed by atoms with Gasteiger partial charge in [-0.3, -0.25) is 10.6 Å². The molecule has 0 bridgehead atoms. The molecule has 0 aromatic rings. The minimum atomic E-state index is 0.302. The fraction of sp³-hybridized carbons (Fsp3) is 1.00. The Hall–Kier alpha value is -0.160. The molecule has 3 aliphatic rings. The van der Waals surface area contributed by atoms with Crippen molar-refractivity contribution in [2.24, 2.45) is 35.5 Å². The first-order valence-corrected chi connectivity index (χ1v) is 11.3. The molecule has 4 nitrogen and oxygen atoms in total. The Bertz CT molecular complexity index is 439. The first kappa shape index (κ1) is 20.6. The Kier molecular flexibility index (Phi) is 7.04. The van der Waals surface area contributed by atoms with Gasteiger partial charge in [0.2, 0.25) is 0 Å². The van der Waals surface area contributed by atoms with Gasteiger partial charge in [0.1, 0.15) is 0 Å². The highest BCUT2D eigenvalue weighted by molar-refractivity contribution is 5.09. The van der Waals surface area contributed by atoms with E-state index in [1.54, 1.807) is 0 Å². The maximum atomic E-state index is 9.70. The van der Waals surface area contributed by atoms with Crippen LogP contribution in [0.2, 0.25) is 0 Å². The van der Waals surface area contributed by atoms with Crippen LogP contribution in [0.1, 0.15) is 66.7 Å². The van der Waals surface area contributed by atoms with Crippen LogP contribution in [0.3, 0.4) is 0 Å². The van der Waals surface area contributed by atoms with Crippen LogP contribution >= 0.6 is 0 Å². The number of aliphatic hydroxyl groups is 1. The topological polar surface area (TPSA) is 56.3 Å². The number of hydrogen-bond acceptors (Lipinski definition) is 4. The Labute approximate surface area is 161 Å². The number of rotatable bonds is 7. The molecule has 2 heterocycles. The van der Waals surface area contributed by atoms with E-state index in [0.717, 1.165) is 31.2 Å². The molecule has 3 rings (SSSR count). The average molecular weight is 366 g/mol. The summed E-state index contributed by atoms with van der Waals surface area (Å²) in [6, 6.07) is 1.63. The molecule has 4 N–H and O–H groups in total. The van der Waals surface area contributed by atoms with Crippen LogP contribution in [0.5, 0.6) is 0 Å². The highest BCUT2D eigenvalue weighted by Gasteiger charge is 2.49. The molecule has 9 atom stereocenters. The fourth-order valence-corrected chi connectivity index (χ4v) is 6.18. The van der Waals surface area contributed by atoms with Crippen LogP contribution in [-0.4, -0.2) is 42.5 Å². The molecule has 0 radical (unpaired) electrons. The zero-order valence-corrected chi connectivity index (χ0v) is 17.7. The second-order valence-corrected chi connectivity index (χ2v) is 9.90. The van der Waals surface area contributed by atoms with E-state index in [1.807, 2.05) is 0 Å². The van der Waals surface area contributed by atoms with E-state index in [2.05, 4.69) is 50.6 Å². The molecule has 0 spiro atoms. The number of aliphatic hydroxyl groups excluding tert-OH is 1. The van der Waals surface area contributed by atoms with Gasteiger partial charge < -0.3 is 10.4 Å². The van der Waals surface area contributed by atoms with Gasteiger partial charge in [0.15, 0.2) is 0 Å². The molecule has 1 saturated carbocycles. The van der Waals surface area contributed by atoms with E-state index >= 15 is 0 Å². The van der Waals surface area contributed by atoms with Gasteiger partial charge in [0, 0.05) is 31.3 Å². The Morgan fingerprint density at radius 2 is 1.81 bits per heavy atom. The fourth-order valence-electron chi connectivity index (χ4n) is 6.18. The summed E-state index contributed by atoms with van der Waals surface area (Å²) in [5, 5.41) is 21.5. The first-order valence-electron chi connectivity index (χ1n) is 11.3. The lowest BCUT2D eigenvalue weighted by molar-refractivity contribution is 0.0955. The molecule has 0 amide bonds. The van der Waals surface area contributed by atoms with Crippen LogP contribution < -0.4 is 16.0 Å². The van der Waals surface area contributed by atoms with Gasteiger partial charge in [-0.2, -0.15) is 0 Å². The summed E-state index contributed by atoms with van der Waals surface area (Å²) in [6.45, 7) is 13.3. The van der Waals surface area contributed by atoms with Crippen molar-refractivity contribution in [3.8, 4) is 0 Å². The molecule has 0 aromatic carbocycles. The minimum Gasteiger partial charge on any atom is -0.396 e. The zero-order chi connectivity index (χ0) is 18.8. The Balaban J connectivity index is 1.77. The summed E-state index contributed by atoms with van der Waals surface area (Å²) in [5.74, 6) is 4.22. The molecule has 1 aliphatic carbocycles. The number of hydrogen-bond donors (Lipinski definition) is 4. The summed E-state index contributed by atoms with van der Waals surface area (Å²) in [7, 11) is 0. The third-order valence-electron chi connectivity index (χ3n) is 8.04. The summed E-state index contributed by atoms with van der Waals surface area (Å²) >= 11 is 0. The van der Waals surface area contributed by atoms with E-state index in [1.165, 1.54) is 19.3 Å². The Morgan fingerprint density at radius 3 is 2.38 bits per heavy atom. The van der Waals surface area contributed by atoms with Crippen molar-refractivity contribution in [3.05, 3.63) is 0 Å². The minimum absolute atomic E-state index is 0.302. The van der Waals surface area contributed by atoms with Crippen molar-refractivity contribution < 1.29 is 5.11 Å². The van der Waals surface area contributed by atoms with Gasteiger partial charge >= 0.3 is 0 Å². The van der Waals surface area contributed by atoms with Gasteiger partial charge in [0.25, 0.3) is 0 Å². The van der Waals surface area contributed by atoms with Gasteiger partial charge in [-0.15, -0.1) is 0 Å². The maximum Gasteiger partial charge on any atom is 0.0580 e. The summed E-state index contributed by atoms with van der Waals surface area (Å²) in [5.41, 5.74) is 0. The van der Waals surface area contributed by atoms with Gasteiger partial charge in [0.05, 0.1) is 6.17 Å². The summed E-state index contributed by atoms with van der Waals surface area (Å²) in [6.07, 6.45) is 6.63. The third kappa shape index (κ3) is 4.14. The maximum absolute atomic E-state index is 9.70. The van der Waals surface area contributed by atoms with Crippen molar-refractivity contribution in [1.29, 1.82) is 0 Å². The molecular weight excluding hydrogens is 322 g/mol. The van der Waals surface area contributed by atoms with Crippen LogP contribution in [0.15, 0.2) is 0 Å². The highest BCUT2D eigenvalue weighted by Crippen LogP contribution is 2.40. The van der Waals surface area contributed by atoms with Gasteiger partial charge in [-0.05, 0) is 48.3 Å². The molecule has 152 valence electrons. The monoisotopic (exact) mass is 365 g/mol. The summed E-state index contributed by atoms with van der Waals surface area (Å²) < 4.78 is 0. The van der Waals surface area contributed by atoms with Crippen LogP contribution in [0.4, 0.5) is 0 Å². The van der Waals surface area contributed by atoms with E-state index in [0.29, 0.717) is 54.6 Å². The largest absolute Gasteiger partial charge is 0.396 e. The number of nitrogens with one attached hydrogen (secondary N) is 3. The third-order valence-corrected chi connectivity index (χ3v) is 8.04. The normalized spacial score (nSPS) is 42.8. The zero-order valence-electron chi connectivity index (χ0n) is 17.7. The molecular formula is C22H43N3O. The van der Waals surface area contributed by atoms with Crippen molar-refractivity contribution in [1.82, 2.24) is 16.0 Å². The quantitative estimate of drug-likeness (QED) is 0.560. The lowest BCUT2D eigenvalue weighted by Gasteiger charge is -2.47. The van der Waals surface area contributed by atoms with Gasteiger partial charge in [-0.1, -0.05) is 53.9 Å².